The topological polar surface area (TPSA) is 78.8 Å². The minimum Gasteiger partial charge on any atom is -0.465 e. The second kappa shape index (κ2) is 5.02. The number of carbonyl (C=O) groups is 1. The summed E-state index contributed by atoms with van der Waals surface area (Å²) in [5, 5.41) is 8.73. The average Bonchev–Trinajstić information content (AvgIpc) is 2.66. The molecule has 0 fully saturated rings. The van der Waals surface area contributed by atoms with Crippen LogP contribution in [0.3, 0.4) is 0 Å². The summed E-state index contributed by atoms with van der Waals surface area (Å²) < 4.78 is 4.74. The Kier molecular flexibility index (Phi) is 3.68. The van der Waals surface area contributed by atoms with Crippen LogP contribution in [0.15, 0.2) is 12.5 Å². The van der Waals surface area contributed by atoms with Gasteiger partial charge in [0.2, 0.25) is 0 Å². The summed E-state index contributed by atoms with van der Waals surface area (Å²) in [6.07, 6.45) is 3.46. The van der Waals surface area contributed by atoms with Crippen LogP contribution in [0.2, 0.25) is 0 Å². The zero-order chi connectivity index (χ0) is 10.4. The number of imidazole rings is 1. The molecule has 0 aliphatic heterocycles. The lowest BCUT2D eigenvalue weighted by Gasteiger charge is -2.05. The molecule has 5 nitrogen and oxygen atoms in total. The van der Waals surface area contributed by atoms with E-state index in [0.29, 0.717) is 12.1 Å². The van der Waals surface area contributed by atoms with Crippen molar-refractivity contribution in [2.75, 3.05) is 6.61 Å². The third-order valence-corrected chi connectivity index (χ3v) is 1.70. The minimum absolute atomic E-state index is 0.289. The zero-order valence-electron chi connectivity index (χ0n) is 7.86. The highest BCUT2D eigenvalue weighted by atomic mass is 16.5. The first-order valence-corrected chi connectivity index (χ1v) is 4.31. The lowest BCUT2D eigenvalue weighted by molar-refractivity contribution is -0.145. The first-order chi connectivity index (χ1) is 6.77. The fraction of sp³-hybridized carbons (Fsp3) is 0.444. The van der Waals surface area contributed by atoms with Gasteiger partial charge in [0.1, 0.15) is 5.92 Å². The van der Waals surface area contributed by atoms with Crippen molar-refractivity contribution in [2.24, 2.45) is 5.92 Å². The number of carbonyl (C=O) groups excluding carboxylic acids is 1. The monoisotopic (exact) mass is 193 g/mol. The van der Waals surface area contributed by atoms with E-state index < -0.39 is 11.9 Å². The van der Waals surface area contributed by atoms with Gasteiger partial charge < -0.3 is 9.72 Å². The molecule has 1 N–H and O–H groups in total. The number of nitrogens with one attached hydrogen (secondary N) is 1. The number of H-pyrrole nitrogens is 1. The number of nitrogens with zero attached hydrogens (tertiary/aromatic N) is 2. The third kappa shape index (κ3) is 2.59. The van der Waals surface area contributed by atoms with E-state index in [1.807, 2.05) is 6.07 Å². The number of esters is 1. The van der Waals surface area contributed by atoms with Gasteiger partial charge in [-0.05, 0) is 6.92 Å². The maximum absolute atomic E-state index is 11.2. The zero-order valence-corrected chi connectivity index (χ0v) is 7.86. The number of hydrogen-bond donors (Lipinski definition) is 1. The van der Waals surface area contributed by atoms with E-state index in [-0.39, 0.29) is 6.61 Å². The van der Waals surface area contributed by atoms with E-state index in [0.717, 1.165) is 0 Å². The van der Waals surface area contributed by atoms with E-state index in [1.54, 1.807) is 13.1 Å². The average molecular weight is 193 g/mol. The fourth-order valence-electron chi connectivity index (χ4n) is 1.04. The van der Waals surface area contributed by atoms with Gasteiger partial charge in [-0.25, -0.2) is 4.98 Å². The molecule has 1 aromatic heterocycles. The number of ether oxygens (including phenoxy) is 1. The van der Waals surface area contributed by atoms with Gasteiger partial charge in [0.05, 0.1) is 24.7 Å². The first kappa shape index (κ1) is 10.3. The third-order valence-electron chi connectivity index (χ3n) is 1.70. The molecule has 1 atom stereocenters. The van der Waals surface area contributed by atoms with Crippen molar-refractivity contribution in [2.45, 2.75) is 13.3 Å². The predicted molar refractivity (Wildman–Crippen MR) is 48.0 cm³/mol. The highest BCUT2D eigenvalue weighted by molar-refractivity contribution is 5.75. The van der Waals surface area contributed by atoms with Gasteiger partial charge in [-0.1, -0.05) is 0 Å². The number of aromatic nitrogens is 2. The Labute approximate surface area is 81.7 Å². The highest BCUT2D eigenvalue weighted by Gasteiger charge is 2.20. The van der Waals surface area contributed by atoms with Crippen LogP contribution in [0.1, 0.15) is 12.6 Å². The molecule has 1 heterocycles. The quantitative estimate of drug-likeness (QED) is 0.712. The second-order valence-corrected chi connectivity index (χ2v) is 2.70. The van der Waals surface area contributed by atoms with Crippen molar-refractivity contribution >= 4 is 5.97 Å². The Balaban J connectivity index is 2.56. The SMILES string of the molecule is CCOC(=O)C(C#N)Cc1c[nH]cn1. The van der Waals surface area contributed by atoms with Gasteiger partial charge >= 0.3 is 5.97 Å². The van der Waals surface area contributed by atoms with Crippen LogP contribution in [0.5, 0.6) is 0 Å². The molecular formula is C9H11N3O2. The number of hydrogen-bond acceptors (Lipinski definition) is 4. The summed E-state index contributed by atoms with van der Waals surface area (Å²) in [5.74, 6) is -1.25. The number of nitriles is 1. The standard InChI is InChI=1S/C9H11N3O2/c1-2-14-9(13)7(4-10)3-8-5-11-6-12-8/h5-7H,2-3H2,1H3,(H,11,12). The smallest absolute Gasteiger partial charge is 0.323 e. The Morgan fingerprint density at radius 3 is 3.14 bits per heavy atom. The molecular weight excluding hydrogens is 182 g/mol. The van der Waals surface area contributed by atoms with Crippen molar-refractivity contribution in [3.8, 4) is 6.07 Å². The molecule has 74 valence electrons. The molecule has 14 heavy (non-hydrogen) atoms. The van der Waals surface area contributed by atoms with E-state index in [2.05, 4.69) is 9.97 Å². The summed E-state index contributed by atoms with van der Waals surface area (Å²) >= 11 is 0. The predicted octanol–water partition coefficient (Wildman–Crippen LogP) is 0.655. The van der Waals surface area contributed by atoms with Gasteiger partial charge in [-0.3, -0.25) is 4.79 Å². The molecule has 0 saturated heterocycles. The number of rotatable bonds is 4. The van der Waals surface area contributed by atoms with Gasteiger partial charge in [0, 0.05) is 12.6 Å². The summed E-state index contributed by atoms with van der Waals surface area (Å²) in [4.78, 5) is 17.9. The first-order valence-electron chi connectivity index (χ1n) is 4.31. The van der Waals surface area contributed by atoms with Crippen LogP contribution >= 0.6 is 0 Å². The number of aromatic amines is 1. The van der Waals surface area contributed by atoms with Crippen molar-refractivity contribution in [3.63, 3.8) is 0 Å². The molecule has 1 rings (SSSR count). The van der Waals surface area contributed by atoms with Crippen molar-refractivity contribution < 1.29 is 9.53 Å². The molecule has 0 bridgehead atoms. The largest absolute Gasteiger partial charge is 0.465 e. The summed E-state index contributed by atoms with van der Waals surface area (Å²) in [6, 6.07) is 1.90. The van der Waals surface area contributed by atoms with E-state index >= 15 is 0 Å². The lowest BCUT2D eigenvalue weighted by Crippen LogP contribution is -2.18. The van der Waals surface area contributed by atoms with Crippen LogP contribution in [0.25, 0.3) is 0 Å². The van der Waals surface area contributed by atoms with E-state index in [4.69, 9.17) is 10.00 Å². The van der Waals surface area contributed by atoms with Gasteiger partial charge in [-0.15, -0.1) is 0 Å². The van der Waals surface area contributed by atoms with Gasteiger partial charge in [0.15, 0.2) is 0 Å². The van der Waals surface area contributed by atoms with Crippen LogP contribution in [-0.2, 0) is 16.0 Å². The second-order valence-electron chi connectivity index (χ2n) is 2.70. The molecule has 5 heteroatoms. The Morgan fingerprint density at radius 2 is 2.64 bits per heavy atom. The van der Waals surface area contributed by atoms with Crippen molar-refractivity contribution in [3.05, 3.63) is 18.2 Å². The van der Waals surface area contributed by atoms with Gasteiger partial charge in [0.25, 0.3) is 0 Å². The van der Waals surface area contributed by atoms with E-state index in [1.165, 1.54) is 6.33 Å². The molecule has 1 unspecified atom stereocenters. The van der Waals surface area contributed by atoms with Gasteiger partial charge in [-0.2, -0.15) is 5.26 Å². The fourth-order valence-corrected chi connectivity index (χ4v) is 1.04. The molecule has 1 aromatic rings. The molecule has 0 saturated carbocycles. The van der Waals surface area contributed by atoms with Crippen LogP contribution in [0, 0.1) is 17.2 Å². The van der Waals surface area contributed by atoms with Crippen molar-refractivity contribution in [1.82, 2.24) is 9.97 Å². The Morgan fingerprint density at radius 1 is 1.86 bits per heavy atom. The Hall–Kier alpha value is -1.83. The normalized spacial score (nSPS) is 11.7. The maximum atomic E-state index is 11.2. The van der Waals surface area contributed by atoms with Crippen molar-refractivity contribution in [1.29, 1.82) is 5.26 Å². The molecule has 0 radical (unpaired) electrons. The molecule has 0 aliphatic rings. The molecule has 0 amide bonds. The molecule has 0 aromatic carbocycles. The van der Waals surface area contributed by atoms with Crippen LogP contribution in [-0.4, -0.2) is 22.5 Å². The molecule has 0 aliphatic carbocycles. The van der Waals surface area contributed by atoms with Crippen LogP contribution in [0.4, 0.5) is 0 Å². The maximum Gasteiger partial charge on any atom is 0.323 e. The molecule has 0 spiro atoms. The Bertz CT molecular complexity index is 326. The van der Waals surface area contributed by atoms with Crippen LogP contribution < -0.4 is 0 Å². The van der Waals surface area contributed by atoms with E-state index in [9.17, 15) is 4.79 Å². The summed E-state index contributed by atoms with van der Waals surface area (Å²) in [6.45, 7) is 2.00. The summed E-state index contributed by atoms with van der Waals surface area (Å²) in [7, 11) is 0. The summed E-state index contributed by atoms with van der Waals surface area (Å²) in [5.41, 5.74) is 0.685. The minimum atomic E-state index is -0.766. The lowest BCUT2D eigenvalue weighted by atomic mass is 10.1. The highest BCUT2D eigenvalue weighted by Crippen LogP contribution is 2.06.